The summed E-state index contributed by atoms with van der Waals surface area (Å²) in [5.74, 6) is 0.851. The third-order valence-corrected chi connectivity index (χ3v) is 3.39. The van der Waals surface area contributed by atoms with E-state index in [0.717, 1.165) is 37.9 Å². The van der Waals surface area contributed by atoms with E-state index < -0.39 is 0 Å². The average Bonchev–Trinajstić information content (AvgIpc) is 2.98. The van der Waals surface area contributed by atoms with E-state index in [4.69, 9.17) is 10.5 Å². The second kappa shape index (κ2) is 5.61. The molecule has 2 N–H and O–H groups in total. The van der Waals surface area contributed by atoms with E-state index in [-0.39, 0.29) is 0 Å². The number of hydrogen-bond donors (Lipinski definition) is 1. The molecule has 0 saturated heterocycles. The minimum Gasteiger partial charge on any atom is -0.380 e. The number of ether oxygens (including phenoxy) is 1. The Morgan fingerprint density at radius 2 is 2.44 bits per heavy atom. The number of hydrogen-bond acceptors (Lipinski definition) is 5. The Labute approximate surface area is 100 Å². The van der Waals surface area contributed by atoms with Crippen LogP contribution in [0.1, 0.15) is 18.5 Å². The Morgan fingerprint density at radius 1 is 1.62 bits per heavy atom. The average molecular weight is 241 g/mol. The predicted molar refractivity (Wildman–Crippen MR) is 66.4 cm³/mol. The van der Waals surface area contributed by atoms with Gasteiger partial charge < -0.3 is 10.5 Å². The van der Waals surface area contributed by atoms with Gasteiger partial charge in [0.15, 0.2) is 5.13 Å². The van der Waals surface area contributed by atoms with Crippen molar-refractivity contribution in [2.45, 2.75) is 19.4 Å². The Morgan fingerprint density at radius 3 is 3.06 bits per heavy atom. The monoisotopic (exact) mass is 241 g/mol. The Balaban J connectivity index is 1.57. The first-order chi connectivity index (χ1) is 7.74. The van der Waals surface area contributed by atoms with E-state index in [1.54, 1.807) is 0 Å². The third-order valence-electron chi connectivity index (χ3n) is 2.67. The van der Waals surface area contributed by atoms with Crippen molar-refractivity contribution in [3.05, 3.63) is 11.1 Å². The van der Waals surface area contributed by atoms with Gasteiger partial charge in [-0.25, -0.2) is 4.98 Å². The fourth-order valence-corrected chi connectivity index (χ4v) is 2.06. The van der Waals surface area contributed by atoms with Gasteiger partial charge in [0.25, 0.3) is 0 Å². The van der Waals surface area contributed by atoms with E-state index in [0.29, 0.717) is 5.13 Å². The number of anilines is 1. The fourth-order valence-electron chi connectivity index (χ4n) is 1.51. The van der Waals surface area contributed by atoms with Gasteiger partial charge in [0.2, 0.25) is 0 Å². The van der Waals surface area contributed by atoms with Crippen LogP contribution in [0.15, 0.2) is 5.38 Å². The maximum Gasteiger partial charge on any atom is 0.180 e. The summed E-state index contributed by atoms with van der Waals surface area (Å²) in [5, 5.41) is 2.66. The lowest BCUT2D eigenvalue weighted by atomic mass is 10.4. The van der Waals surface area contributed by atoms with E-state index in [1.807, 2.05) is 5.38 Å². The van der Waals surface area contributed by atoms with Crippen LogP contribution in [-0.2, 0) is 11.3 Å². The van der Waals surface area contributed by atoms with E-state index in [2.05, 4.69) is 16.9 Å². The van der Waals surface area contributed by atoms with Gasteiger partial charge in [0, 0.05) is 25.1 Å². The van der Waals surface area contributed by atoms with Crippen LogP contribution in [0.2, 0.25) is 0 Å². The molecule has 0 radical (unpaired) electrons. The molecule has 0 bridgehead atoms. The lowest BCUT2D eigenvalue weighted by Gasteiger charge is -2.14. The summed E-state index contributed by atoms with van der Waals surface area (Å²) in [6.07, 6.45) is 2.71. The zero-order valence-corrected chi connectivity index (χ0v) is 10.5. The number of aromatic nitrogens is 1. The van der Waals surface area contributed by atoms with Crippen molar-refractivity contribution in [2.75, 3.05) is 32.5 Å². The van der Waals surface area contributed by atoms with E-state index >= 15 is 0 Å². The summed E-state index contributed by atoms with van der Waals surface area (Å²) in [6.45, 7) is 3.55. The van der Waals surface area contributed by atoms with Crippen molar-refractivity contribution in [1.29, 1.82) is 0 Å². The van der Waals surface area contributed by atoms with Gasteiger partial charge in [-0.15, -0.1) is 11.3 Å². The maximum atomic E-state index is 5.59. The van der Waals surface area contributed by atoms with E-state index in [9.17, 15) is 0 Å². The van der Waals surface area contributed by atoms with Crippen molar-refractivity contribution in [1.82, 2.24) is 9.88 Å². The number of thiazole rings is 1. The highest BCUT2D eigenvalue weighted by molar-refractivity contribution is 7.13. The normalized spacial score (nSPS) is 15.9. The van der Waals surface area contributed by atoms with Crippen LogP contribution in [0.25, 0.3) is 0 Å². The predicted octanol–water partition coefficient (Wildman–Crippen LogP) is 1.58. The molecule has 1 aromatic rings. The van der Waals surface area contributed by atoms with Crippen LogP contribution in [0.3, 0.4) is 0 Å². The molecule has 90 valence electrons. The molecule has 1 fully saturated rings. The lowest BCUT2D eigenvalue weighted by molar-refractivity contribution is 0.101. The molecule has 1 heterocycles. The number of nitrogens with two attached hydrogens (primary N) is 1. The van der Waals surface area contributed by atoms with E-state index in [1.165, 1.54) is 24.2 Å². The lowest BCUT2D eigenvalue weighted by Crippen LogP contribution is -2.23. The molecule has 4 nitrogen and oxygen atoms in total. The first kappa shape index (κ1) is 11.8. The zero-order valence-electron chi connectivity index (χ0n) is 9.69. The van der Waals surface area contributed by atoms with Crippen LogP contribution in [0.4, 0.5) is 5.13 Å². The Bertz CT molecular complexity index is 325. The second-order valence-corrected chi connectivity index (χ2v) is 5.32. The van der Waals surface area contributed by atoms with Crippen LogP contribution in [-0.4, -0.2) is 36.7 Å². The Kier molecular flexibility index (Phi) is 4.15. The van der Waals surface area contributed by atoms with Gasteiger partial charge >= 0.3 is 0 Å². The van der Waals surface area contributed by atoms with Crippen LogP contribution in [0, 0.1) is 5.92 Å². The molecule has 2 rings (SSSR count). The van der Waals surface area contributed by atoms with Crippen LogP contribution < -0.4 is 5.73 Å². The molecule has 0 unspecified atom stereocenters. The Hall–Kier alpha value is -0.650. The van der Waals surface area contributed by atoms with Gasteiger partial charge in [-0.1, -0.05) is 0 Å². The molecule has 16 heavy (non-hydrogen) atoms. The molecule has 0 aromatic carbocycles. The quantitative estimate of drug-likeness (QED) is 0.736. The van der Waals surface area contributed by atoms with Gasteiger partial charge in [-0.2, -0.15) is 0 Å². The van der Waals surface area contributed by atoms with Gasteiger partial charge in [-0.3, -0.25) is 4.90 Å². The minimum atomic E-state index is 0.647. The first-order valence-electron chi connectivity index (χ1n) is 5.70. The molecular formula is C11H19N3OS. The van der Waals surface area contributed by atoms with Gasteiger partial charge in [0.05, 0.1) is 12.3 Å². The molecule has 1 aromatic heterocycles. The van der Waals surface area contributed by atoms with Gasteiger partial charge in [-0.05, 0) is 25.8 Å². The third kappa shape index (κ3) is 4.08. The molecule has 0 spiro atoms. The number of nitrogens with zero attached hydrogens (tertiary/aromatic N) is 2. The zero-order chi connectivity index (χ0) is 11.4. The maximum absolute atomic E-state index is 5.59. The molecule has 5 heteroatoms. The summed E-state index contributed by atoms with van der Waals surface area (Å²) >= 11 is 1.50. The highest BCUT2D eigenvalue weighted by atomic mass is 32.1. The standard InChI is InChI=1S/C11H19N3OS/c1-14(4-5-15-7-9-2-3-9)6-10-8-16-11(12)13-10/h8-9H,2-7H2,1H3,(H2,12,13). The number of nitrogen functional groups attached to an aromatic ring is 1. The van der Waals surface area contributed by atoms with Crippen LogP contribution in [0.5, 0.6) is 0 Å². The molecule has 1 aliphatic carbocycles. The molecule has 0 atom stereocenters. The molecule has 1 saturated carbocycles. The number of likely N-dealkylation sites (N-methyl/N-ethyl adjacent to an activating group) is 1. The highest BCUT2D eigenvalue weighted by Gasteiger charge is 2.20. The smallest absolute Gasteiger partial charge is 0.180 e. The SMILES string of the molecule is CN(CCOCC1CC1)Cc1csc(N)n1. The first-order valence-corrected chi connectivity index (χ1v) is 6.58. The van der Waals surface area contributed by atoms with Crippen molar-refractivity contribution < 1.29 is 4.74 Å². The molecule has 0 aliphatic heterocycles. The minimum absolute atomic E-state index is 0.647. The van der Waals surface area contributed by atoms with Crippen molar-refractivity contribution in [3.63, 3.8) is 0 Å². The van der Waals surface area contributed by atoms with Crippen molar-refractivity contribution in [3.8, 4) is 0 Å². The second-order valence-electron chi connectivity index (χ2n) is 4.43. The van der Waals surface area contributed by atoms with Gasteiger partial charge in [0.1, 0.15) is 0 Å². The number of rotatable bonds is 7. The molecular weight excluding hydrogens is 222 g/mol. The molecule has 1 aliphatic rings. The fraction of sp³-hybridized carbons (Fsp3) is 0.727. The molecule has 0 amide bonds. The summed E-state index contributed by atoms with van der Waals surface area (Å²) in [6, 6.07) is 0. The van der Waals surface area contributed by atoms with Crippen LogP contribution >= 0.6 is 11.3 Å². The summed E-state index contributed by atoms with van der Waals surface area (Å²) in [5.41, 5.74) is 6.63. The summed E-state index contributed by atoms with van der Waals surface area (Å²) in [7, 11) is 2.08. The van der Waals surface area contributed by atoms with Crippen molar-refractivity contribution >= 4 is 16.5 Å². The van der Waals surface area contributed by atoms with Crippen molar-refractivity contribution in [2.24, 2.45) is 5.92 Å². The summed E-state index contributed by atoms with van der Waals surface area (Å²) < 4.78 is 5.59. The highest BCUT2D eigenvalue weighted by Crippen LogP contribution is 2.28. The largest absolute Gasteiger partial charge is 0.380 e. The summed E-state index contributed by atoms with van der Waals surface area (Å²) in [4.78, 5) is 6.44. The topological polar surface area (TPSA) is 51.4 Å².